The first-order valence-electron chi connectivity index (χ1n) is 7.43. The number of hydrogen-bond acceptors (Lipinski definition) is 3. The molecule has 2 rings (SSSR count). The van der Waals surface area contributed by atoms with E-state index in [4.69, 9.17) is 4.74 Å². The van der Waals surface area contributed by atoms with Gasteiger partial charge in [0.25, 0.3) is 0 Å². The molecule has 2 heterocycles. The van der Waals surface area contributed by atoms with Crippen LogP contribution in [0.15, 0.2) is 6.20 Å². The molecule has 4 heteroatoms. The second kappa shape index (κ2) is 6.53. The van der Waals surface area contributed by atoms with Crippen molar-refractivity contribution in [2.24, 2.45) is 5.92 Å². The van der Waals surface area contributed by atoms with E-state index in [0.717, 1.165) is 26.1 Å². The van der Waals surface area contributed by atoms with Gasteiger partial charge in [-0.3, -0.25) is 4.68 Å². The number of ether oxygens (including phenoxy) is 1. The van der Waals surface area contributed by atoms with Crippen LogP contribution < -0.4 is 5.32 Å². The Balaban J connectivity index is 1.87. The Morgan fingerprint density at radius 2 is 2.26 bits per heavy atom. The van der Waals surface area contributed by atoms with Crippen LogP contribution in [0.1, 0.15) is 44.9 Å². The van der Waals surface area contributed by atoms with Gasteiger partial charge in [-0.1, -0.05) is 13.8 Å². The van der Waals surface area contributed by atoms with Crippen LogP contribution in [0.2, 0.25) is 0 Å². The number of nitrogens with zero attached hydrogens (tertiary/aromatic N) is 2. The number of rotatable bonds is 6. The van der Waals surface area contributed by atoms with E-state index >= 15 is 0 Å². The molecule has 1 aromatic rings. The molecular weight excluding hydrogens is 238 g/mol. The highest BCUT2D eigenvalue weighted by atomic mass is 16.5. The average molecular weight is 265 g/mol. The summed E-state index contributed by atoms with van der Waals surface area (Å²) in [6.07, 6.45) is 5.06. The summed E-state index contributed by atoms with van der Waals surface area (Å²) in [4.78, 5) is 0. The monoisotopic (exact) mass is 265 g/mol. The zero-order chi connectivity index (χ0) is 13.8. The van der Waals surface area contributed by atoms with Gasteiger partial charge in [-0.15, -0.1) is 0 Å². The van der Waals surface area contributed by atoms with E-state index in [0.29, 0.717) is 18.1 Å². The van der Waals surface area contributed by atoms with Gasteiger partial charge in [-0.05, 0) is 39.2 Å². The van der Waals surface area contributed by atoms with Crippen LogP contribution in [0.4, 0.5) is 0 Å². The minimum absolute atomic E-state index is 0.338. The smallest absolute Gasteiger partial charge is 0.0775 e. The Morgan fingerprint density at radius 3 is 2.89 bits per heavy atom. The van der Waals surface area contributed by atoms with Crippen molar-refractivity contribution < 1.29 is 4.74 Å². The van der Waals surface area contributed by atoms with Gasteiger partial charge in [0.1, 0.15) is 0 Å². The summed E-state index contributed by atoms with van der Waals surface area (Å²) in [7, 11) is 0. The largest absolute Gasteiger partial charge is 0.373 e. The van der Waals surface area contributed by atoms with E-state index in [2.05, 4.69) is 42.8 Å². The van der Waals surface area contributed by atoms with Crippen molar-refractivity contribution in [2.75, 3.05) is 6.54 Å². The first-order chi connectivity index (χ1) is 9.06. The van der Waals surface area contributed by atoms with E-state index in [1.807, 2.05) is 6.20 Å². The SMILES string of the molecule is Cc1c(CNCC(C)C)cnn1CC1CCC(C)O1. The summed E-state index contributed by atoms with van der Waals surface area (Å²) in [5, 5.41) is 7.97. The summed E-state index contributed by atoms with van der Waals surface area (Å²) in [5.74, 6) is 0.684. The third kappa shape index (κ3) is 4.05. The Kier molecular flexibility index (Phi) is 4.99. The zero-order valence-corrected chi connectivity index (χ0v) is 12.6. The Labute approximate surface area is 116 Å². The van der Waals surface area contributed by atoms with Crippen molar-refractivity contribution >= 4 is 0 Å². The van der Waals surface area contributed by atoms with E-state index in [-0.39, 0.29) is 0 Å². The van der Waals surface area contributed by atoms with Crippen LogP contribution in [0.3, 0.4) is 0 Å². The highest BCUT2D eigenvalue weighted by Gasteiger charge is 2.23. The molecule has 0 radical (unpaired) electrons. The molecule has 2 atom stereocenters. The molecule has 1 saturated heterocycles. The maximum absolute atomic E-state index is 5.87. The van der Waals surface area contributed by atoms with Gasteiger partial charge >= 0.3 is 0 Å². The van der Waals surface area contributed by atoms with Gasteiger partial charge < -0.3 is 10.1 Å². The third-order valence-corrected chi connectivity index (χ3v) is 3.77. The molecule has 1 aromatic heterocycles. The van der Waals surface area contributed by atoms with Gasteiger partial charge in [-0.2, -0.15) is 5.10 Å². The van der Waals surface area contributed by atoms with Gasteiger partial charge in [0.15, 0.2) is 0 Å². The van der Waals surface area contributed by atoms with E-state index in [1.165, 1.54) is 17.7 Å². The molecule has 1 fully saturated rings. The van der Waals surface area contributed by atoms with Crippen LogP contribution in [0.5, 0.6) is 0 Å². The van der Waals surface area contributed by atoms with Crippen LogP contribution in [-0.4, -0.2) is 28.5 Å². The van der Waals surface area contributed by atoms with Crippen molar-refractivity contribution in [1.82, 2.24) is 15.1 Å². The fraction of sp³-hybridized carbons (Fsp3) is 0.800. The van der Waals surface area contributed by atoms with E-state index in [1.54, 1.807) is 0 Å². The molecule has 108 valence electrons. The summed E-state index contributed by atoms with van der Waals surface area (Å²) < 4.78 is 7.96. The summed E-state index contributed by atoms with van der Waals surface area (Å²) >= 11 is 0. The van der Waals surface area contributed by atoms with Crippen molar-refractivity contribution in [1.29, 1.82) is 0 Å². The lowest BCUT2D eigenvalue weighted by Gasteiger charge is -2.13. The predicted octanol–water partition coefficient (Wildman–Crippen LogP) is 2.50. The summed E-state index contributed by atoms with van der Waals surface area (Å²) in [6.45, 7) is 11.6. The van der Waals surface area contributed by atoms with Crippen LogP contribution in [0.25, 0.3) is 0 Å². The highest BCUT2D eigenvalue weighted by molar-refractivity contribution is 5.15. The van der Waals surface area contributed by atoms with Crippen molar-refractivity contribution in [3.8, 4) is 0 Å². The Bertz CT molecular complexity index is 400. The van der Waals surface area contributed by atoms with E-state index in [9.17, 15) is 0 Å². The molecule has 1 aliphatic heterocycles. The van der Waals surface area contributed by atoms with Gasteiger partial charge in [0.2, 0.25) is 0 Å². The van der Waals surface area contributed by atoms with Crippen molar-refractivity contribution in [2.45, 2.75) is 65.8 Å². The standard InChI is InChI=1S/C15H27N3O/c1-11(2)7-16-8-14-9-17-18(13(14)4)10-15-6-5-12(3)19-15/h9,11-12,15-16H,5-8,10H2,1-4H3. The second-order valence-electron chi connectivity index (χ2n) is 6.11. The molecule has 0 spiro atoms. The fourth-order valence-electron chi connectivity index (χ4n) is 2.55. The molecule has 0 amide bonds. The van der Waals surface area contributed by atoms with Crippen molar-refractivity contribution in [3.05, 3.63) is 17.5 Å². The normalized spacial score (nSPS) is 23.4. The van der Waals surface area contributed by atoms with Crippen molar-refractivity contribution in [3.63, 3.8) is 0 Å². The highest BCUT2D eigenvalue weighted by Crippen LogP contribution is 2.21. The lowest BCUT2D eigenvalue weighted by atomic mass is 10.2. The zero-order valence-electron chi connectivity index (χ0n) is 12.6. The quantitative estimate of drug-likeness (QED) is 0.859. The minimum Gasteiger partial charge on any atom is -0.373 e. The maximum atomic E-state index is 5.87. The number of aromatic nitrogens is 2. The first-order valence-corrected chi connectivity index (χ1v) is 7.43. The molecule has 4 nitrogen and oxygen atoms in total. The van der Waals surface area contributed by atoms with Crippen LogP contribution in [0, 0.1) is 12.8 Å². The Hall–Kier alpha value is -0.870. The fourth-order valence-corrected chi connectivity index (χ4v) is 2.55. The van der Waals surface area contributed by atoms with Gasteiger partial charge in [0.05, 0.1) is 24.9 Å². The molecule has 19 heavy (non-hydrogen) atoms. The molecule has 0 bridgehead atoms. The van der Waals surface area contributed by atoms with Crippen LogP contribution in [-0.2, 0) is 17.8 Å². The lowest BCUT2D eigenvalue weighted by molar-refractivity contribution is 0.0433. The molecular formula is C15H27N3O. The molecule has 0 aliphatic carbocycles. The van der Waals surface area contributed by atoms with E-state index < -0.39 is 0 Å². The topological polar surface area (TPSA) is 39.1 Å². The first kappa shape index (κ1) is 14.5. The maximum Gasteiger partial charge on any atom is 0.0775 e. The number of hydrogen-bond donors (Lipinski definition) is 1. The van der Waals surface area contributed by atoms with Gasteiger partial charge in [0, 0.05) is 17.8 Å². The number of nitrogens with one attached hydrogen (secondary N) is 1. The molecule has 0 aromatic carbocycles. The second-order valence-corrected chi connectivity index (χ2v) is 6.11. The predicted molar refractivity (Wildman–Crippen MR) is 77.1 cm³/mol. The summed E-state index contributed by atoms with van der Waals surface area (Å²) in [5.41, 5.74) is 2.56. The average Bonchev–Trinajstić information content (AvgIpc) is 2.89. The molecule has 1 N–H and O–H groups in total. The van der Waals surface area contributed by atoms with Crippen LogP contribution >= 0.6 is 0 Å². The Morgan fingerprint density at radius 1 is 1.47 bits per heavy atom. The lowest BCUT2D eigenvalue weighted by Crippen LogP contribution is -2.20. The molecule has 1 aliphatic rings. The molecule has 2 unspecified atom stereocenters. The molecule has 0 saturated carbocycles. The minimum atomic E-state index is 0.338. The third-order valence-electron chi connectivity index (χ3n) is 3.77. The van der Waals surface area contributed by atoms with Gasteiger partial charge in [-0.25, -0.2) is 0 Å². The summed E-state index contributed by atoms with van der Waals surface area (Å²) in [6, 6.07) is 0.